The number of anilines is 2. The van der Waals surface area contributed by atoms with Crippen LogP contribution in [0.5, 0.6) is 5.75 Å². The highest BCUT2D eigenvalue weighted by Gasteiger charge is 2.31. The van der Waals surface area contributed by atoms with Crippen LogP contribution in [0.2, 0.25) is 0 Å². The Hall–Kier alpha value is -4.40. The highest BCUT2D eigenvalue weighted by molar-refractivity contribution is 5.74. The van der Waals surface area contributed by atoms with Crippen molar-refractivity contribution in [2.45, 2.75) is 19.3 Å². The van der Waals surface area contributed by atoms with E-state index in [4.69, 9.17) is 5.73 Å². The molecule has 4 aromatic rings. The van der Waals surface area contributed by atoms with Crippen LogP contribution in [0.15, 0.2) is 48.9 Å². The monoisotopic (exact) mass is 440 g/mol. The standard InChI is InChI=1S/C20H15F3N8O/c1-11(29-17-14(9-24)16(25)27-10-28-17)18-30-15-6-3-7-26-19(15)31(18)12-4-2-5-13(8-12)32-20(21,22)23/h2-8,10-11H,1H3,(H3,25,27,28,29). The Morgan fingerprint density at radius 2 is 2.00 bits per heavy atom. The number of hydrogen-bond donors (Lipinski definition) is 2. The third-order valence-corrected chi connectivity index (χ3v) is 4.48. The minimum Gasteiger partial charge on any atom is -0.406 e. The number of nitriles is 1. The van der Waals surface area contributed by atoms with Gasteiger partial charge < -0.3 is 15.8 Å². The van der Waals surface area contributed by atoms with Crippen LogP contribution in [-0.2, 0) is 0 Å². The zero-order chi connectivity index (χ0) is 22.9. The predicted octanol–water partition coefficient (Wildman–Crippen LogP) is 3.74. The van der Waals surface area contributed by atoms with E-state index < -0.39 is 12.4 Å². The van der Waals surface area contributed by atoms with Crippen LogP contribution in [0.4, 0.5) is 24.8 Å². The molecule has 12 heteroatoms. The summed E-state index contributed by atoms with van der Waals surface area (Å²) < 4.78 is 43.8. The lowest BCUT2D eigenvalue weighted by atomic mass is 10.2. The fraction of sp³-hybridized carbons (Fsp3) is 0.150. The molecule has 1 atom stereocenters. The quantitative estimate of drug-likeness (QED) is 0.480. The topological polar surface area (TPSA) is 128 Å². The molecule has 0 saturated carbocycles. The van der Waals surface area contributed by atoms with Crippen LogP contribution < -0.4 is 15.8 Å². The Kier molecular flexibility index (Phi) is 5.23. The average Bonchev–Trinajstić information content (AvgIpc) is 3.13. The molecule has 3 N–H and O–H groups in total. The maximum atomic E-state index is 12.7. The number of imidazole rings is 1. The molecule has 0 radical (unpaired) electrons. The summed E-state index contributed by atoms with van der Waals surface area (Å²) in [6.07, 6.45) is -2.06. The predicted molar refractivity (Wildman–Crippen MR) is 109 cm³/mol. The first-order chi connectivity index (χ1) is 15.3. The Morgan fingerprint density at radius 3 is 2.75 bits per heavy atom. The van der Waals surface area contributed by atoms with Crippen LogP contribution >= 0.6 is 0 Å². The molecule has 0 aliphatic carbocycles. The van der Waals surface area contributed by atoms with Crippen molar-refractivity contribution in [1.29, 1.82) is 5.26 Å². The van der Waals surface area contributed by atoms with E-state index >= 15 is 0 Å². The second kappa shape index (κ2) is 8.03. The maximum absolute atomic E-state index is 12.7. The molecule has 3 aromatic heterocycles. The van der Waals surface area contributed by atoms with E-state index in [-0.39, 0.29) is 22.9 Å². The molecular formula is C20H15F3N8O. The molecule has 0 bridgehead atoms. The van der Waals surface area contributed by atoms with E-state index in [1.165, 1.54) is 24.5 Å². The smallest absolute Gasteiger partial charge is 0.406 e. The number of nitrogens with one attached hydrogen (secondary N) is 1. The molecular weight excluding hydrogens is 425 g/mol. The number of pyridine rings is 1. The van der Waals surface area contributed by atoms with Crippen molar-refractivity contribution < 1.29 is 17.9 Å². The number of fused-ring (bicyclic) bond motifs is 1. The van der Waals surface area contributed by atoms with Crippen molar-refractivity contribution in [2.24, 2.45) is 0 Å². The molecule has 9 nitrogen and oxygen atoms in total. The van der Waals surface area contributed by atoms with E-state index in [1.54, 1.807) is 35.9 Å². The summed E-state index contributed by atoms with van der Waals surface area (Å²) in [5, 5.41) is 12.4. The van der Waals surface area contributed by atoms with Crippen molar-refractivity contribution in [3.63, 3.8) is 0 Å². The third kappa shape index (κ3) is 4.08. The Labute approximate surface area is 179 Å². The molecule has 0 amide bonds. The summed E-state index contributed by atoms with van der Waals surface area (Å²) >= 11 is 0. The van der Waals surface area contributed by atoms with Crippen molar-refractivity contribution in [2.75, 3.05) is 11.1 Å². The van der Waals surface area contributed by atoms with E-state index in [0.717, 1.165) is 0 Å². The number of aromatic nitrogens is 5. The molecule has 4 rings (SSSR count). The van der Waals surface area contributed by atoms with Gasteiger partial charge in [0.1, 0.15) is 46.7 Å². The van der Waals surface area contributed by atoms with Gasteiger partial charge in [0, 0.05) is 12.3 Å². The van der Waals surface area contributed by atoms with Crippen LogP contribution in [0, 0.1) is 11.3 Å². The molecule has 162 valence electrons. The van der Waals surface area contributed by atoms with Crippen LogP contribution in [0.1, 0.15) is 24.4 Å². The fourth-order valence-corrected chi connectivity index (χ4v) is 3.18. The van der Waals surface area contributed by atoms with Crippen molar-refractivity contribution >= 4 is 22.8 Å². The Morgan fingerprint density at radius 1 is 1.19 bits per heavy atom. The number of rotatable bonds is 5. The summed E-state index contributed by atoms with van der Waals surface area (Å²) in [6, 6.07) is 10.3. The molecule has 0 fully saturated rings. The summed E-state index contributed by atoms with van der Waals surface area (Å²) in [4.78, 5) is 16.8. The van der Waals surface area contributed by atoms with Crippen LogP contribution in [0.25, 0.3) is 16.9 Å². The van der Waals surface area contributed by atoms with Crippen molar-refractivity contribution in [3.05, 3.63) is 60.3 Å². The maximum Gasteiger partial charge on any atom is 0.573 e. The van der Waals surface area contributed by atoms with Crippen LogP contribution in [0.3, 0.4) is 0 Å². The molecule has 0 saturated heterocycles. The molecule has 1 unspecified atom stereocenters. The van der Waals surface area contributed by atoms with Gasteiger partial charge >= 0.3 is 6.36 Å². The van der Waals surface area contributed by atoms with Gasteiger partial charge in [0.15, 0.2) is 5.65 Å². The van der Waals surface area contributed by atoms with Crippen molar-refractivity contribution in [3.8, 4) is 17.5 Å². The summed E-state index contributed by atoms with van der Waals surface area (Å²) in [7, 11) is 0. The van der Waals surface area contributed by atoms with Gasteiger partial charge in [-0.15, -0.1) is 13.2 Å². The SMILES string of the molecule is CC(Nc1ncnc(N)c1C#N)c1nc2cccnc2n1-c1cccc(OC(F)(F)F)c1. The van der Waals surface area contributed by atoms with Gasteiger partial charge in [-0.2, -0.15) is 5.26 Å². The van der Waals surface area contributed by atoms with Crippen LogP contribution in [-0.4, -0.2) is 30.9 Å². The Bertz CT molecular complexity index is 1330. The molecule has 0 aliphatic rings. The number of nitrogen functional groups attached to an aromatic ring is 1. The summed E-state index contributed by atoms with van der Waals surface area (Å²) in [5.74, 6) is 0.260. The fourth-order valence-electron chi connectivity index (χ4n) is 3.18. The van der Waals surface area contributed by atoms with E-state index in [9.17, 15) is 18.4 Å². The molecule has 0 aliphatic heterocycles. The van der Waals surface area contributed by atoms with E-state index in [2.05, 4.69) is 30.0 Å². The number of alkyl halides is 3. The largest absolute Gasteiger partial charge is 0.573 e. The number of hydrogen-bond acceptors (Lipinski definition) is 8. The number of halogens is 3. The lowest BCUT2D eigenvalue weighted by Crippen LogP contribution is -2.18. The highest BCUT2D eigenvalue weighted by Crippen LogP contribution is 2.30. The molecule has 3 heterocycles. The number of nitrogens with two attached hydrogens (primary N) is 1. The first kappa shape index (κ1) is 20.9. The first-order valence-electron chi connectivity index (χ1n) is 9.23. The molecule has 0 spiro atoms. The highest BCUT2D eigenvalue weighted by atomic mass is 19.4. The van der Waals surface area contributed by atoms with E-state index in [0.29, 0.717) is 22.7 Å². The lowest BCUT2D eigenvalue weighted by Gasteiger charge is -2.18. The van der Waals surface area contributed by atoms with Gasteiger partial charge in [-0.05, 0) is 31.2 Å². The second-order valence-electron chi connectivity index (χ2n) is 6.66. The van der Waals surface area contributed by atoms with Gasteiger partial charge in [0.2, 0.25) is 0 Å². The third-order valence-electron chi connectivity index (χ3n) is 4.48. The van der Waals surface area contributed by atoms with Gasteiger partial charge in [0.05, 0.1) is 11.7 Å². The average molecular weight is 440 g/mol. The number of ether oxygens (including phenoxy) is 1. The van der Waals surface area contributed by atoms with E-state index in [1.807, 2.05) is 6.07 Å². The summed E-state index contributed by atoms with van der Waals surface area (Å²) in [5.41, 5.74) is 7.14. The Balaban J connectivity index is 1.81. The second-order valence-corrected chi connectivity index (χ2v) is 6.66. The zero-order valence-corrected chi connectivity index (χ0v) is 16.5. The normalized spacial score (nSPS) is 12.3. The van der Waals surface area contributed by atoms with Crippen molar-refractivity contribution in [1.82, 2.24) is 24.5 Å². The van der Waals surface area contributed by atoms with Gasteiger partial charge in [-0.1, -0.05) is 6.07 Å². The molecule has 1 aromatic carbocycles. The molecule has 32 heavy (non-hydrogen) atoms. The first-order valence-corrected chi connectivity index (χ1v) is 9.23. The number of nitrogens with zero attached hydrogens (tertiary/aromatic N) is 6. The lowest BCUT2D eigenvalue weighted by molar-refractivity contribution is -0.274. The zero-order valence-electron chi connectivity index (χ0n) is 16.5. The number of benzene rings is 1. The minimum atomic E-state index is -4.83. The van der Waals surface area contributed by atoms with Gasteiger partial charge in [0.25, 0.3) is 0 Å². The minimum absolute atomic E-state index is 0.0179. The summed E-state index contributed by atoms with van der Waals surface area (Å²) in [6.45, 7) is 1.76. The van der Waals surface area contributed by atoms with Gasteiger partial charge in [-0.3, -0.25) is 4.57 Å². The van der Waals surface area contributed by atoms with Gasteiger partial charge in [-0.25, -0.2) is 19.9 Å².